The van der Waals surface area contributed by atoms with Crippen LogP contribution in [0, 0.1) is 16.7 Å². The molecule has 0 bridgehead atoms. The van der Waals surface area contributed by atoms with Crippen molar-refractivity contribution in [2.45, 2.75) is 44.8 Å². The maximum absolute atomic E-state index is 13.1. The predicted molar refractivity (Wildman–Crippen MR) is 131 cm³/mol. The molecule has 0 unspecified atom stereocenters. The Labute approximate surface area is 208 Å². The number of Topliss-reactive ketones (excluding diaryl/α,β-unsaturated/α-hetero) is 1. The lowest BCUT2D eigenvalue weighted by atomic mass is 10.0. The van der Waals surface area contributed by atoms with Crippen LogP contribution >= 0.6 is 11.6 Å². The summed E-state index contributed by atoms with van der Waals surface area (Å²) < 4.78 is 0. The first-order valence-electron chi connectivity index (χ1n) is 10.8. The minimum atomic E-state index is -1.07. The summed E-state index contributed by atoms with van der Waals surface area (Å²) in [5.74, 6) is -2.05. The minimum Gasteiger partial charge on any atom is -0.350 e. The smallest absolute Gasteiger partial charge is 0.243 e. The maximum Gasteiger partial charge on any atom is 0.243 e. The first-order valence-corrected chi connectivity index (χ1v) is 11.2. The number of hydrogen-bond donors (Lipinski definition) is 4. The Morgan fingerprint density at radius 1 is 1.03 bits per heavy atom. The molecular weight excluding hydrogens is 470 g/mol. The summed E-state index contributed by atoms with van der Waals surface area (Å²) in [6.45, 7) is 1.45. The average Bonchev–Trinajstić information content (AvgIpc) is 2.85. The maximum atomic E-state index is 13.1. The van der Waals surface area contributed by atoms with Gasteiger partial charge in [0.25, 0.3) is 0 Å². The highest BCUT2D eigenvalue weighted by Gasteiger charge is 2.27. The van der Waals surface area contributed by atoms with E-state index in [0.29, 0.717) is 22.4 Å². The van der Waals surface area contributed by atoms with Crippen LogP contribution in [0.5, 0.6) is 0 Å². The minimum absolute atomic E-state index is 0.0247. The molecule has 2 atom stereocenters. The number of carbonyl (C=O) groups is 4. The predicted octanol–water partition coefficient (Wildman–Crippen LogP) is 2.06. The first-order chi connectivity index (χ1) is 16.7. The Kier molecular flexibility index (Phi) is 10.6. The molecule has 2 rings (SSSR count). The molecule has 2 aromatic carbocycles. The fourth-order valence-electron chi connectivity index (χ4n) is 3.27. The Morgan fingerprint density at radius 2 is 1.74 bits per heavy atom. The monoisotopic (exact) mass is 495 g/mol. The van der Waals surface area contributed by atoms with Crippen molar-refractivity contribution in [2.75, 3.05) is 0 Å². The van der Waals surface area contributed by atoms with E-state index in [-0.39, 0.29) is 25.8 Å². The van der Waals surface area contributed by atoms with Gasteiger partial charge in [-0.1, -0.05) is 35.9 Å². The second-order valence-corrected chi connectivity index (χ2v) is 8.26. The van der Waals surface area contributed by atoms with Gasteiger partial charge >= 0.3 is 0 Å². The van der Waals surface area contributed by atoms with Crippen LogP contribution in [0.2, 0.25) is 5.02 Å². The van der Waals surface area contributed by atoms with Crippen molar-refractivity contribution >= 4 is 41.3 Å². The zero-order chi connectivity index (χ0) is 25.8. The third-order valence-corrected chi connectivity index (χ3v) is 5.30. The van der Waals surface area contributed by atoms with Crippen LogP contribution in [0.3, 0.4) is 0 Å². The van der Waals surface area contributed by atoms with E-state index in [1.54, 1.807) is 48.5 Å². The molecule has 35 heavy (non-hydrogen) atoms. The Bertz CT molecular complexity index is 1130. The second-order valence-electron chi connectivity index (χ2n) is 7.82. The van der Waals surface area contributed by atoms with Gasteiger partial charge in [-0.15, -0.1) is 0 Å². The van der Waals surface area contributed by atoms with Crippen LogP contribution in [-0.4, -0.2) is 41.8 Å². The molecule has 0 heterocycles. The molecule has 0 aromatic heterocycles. The van der Waals surface area contributed by atoms with Crippen molar-refractivity contribution in [3.63, 3.8) is 0 Å². The van der Waals surface area contributed by atoms with Gasteiger partial charge in [-0.2, -0.15) is 5.26 Å². The molecule has 0 saturated carbocycles. The van der Waals surface area contributed by atoms with Gasteiger partial charge in [0.05, 0.1) is 17.8 Å². The van der Waals surface area contributed by atoms with Gasteiger partial charge in [0.2, 0.25) is 17.7 Å². The zero-order valence-electron chi connectivity index (χ0n) is 19.1. The molecule has 4 N–H and O–H groups in total. The third kappa shape index (κ3) is 9.39. The van der Waals surface area contributed by atoms with E-state index in [9.17, 15) is 19.2 Å². The fraction of sp³-hybridized carbons (Fsp3) is 0.280. The highest BCUT2D eigenvalue weighted by Crippen LogP contribution is 2.11. The summed E-state index contributed by atoms with van der Waals surface area (Å²) in [7, 11) is 0. The topological polar surface area (TPSA) is 152 Å². The SMILES string of the molecule is CC(=O)N[C@@H](Cc1cccc(C#N)c1)C(=O)N[C@@H](CCC(=O)C=N)C(=O)NCc1ccc(Cl)cc1. The number of nitrogens with one attached hydrogen (secondary N) is 4. The van der Waals surface area contributed by atoms with E-state index < -0.39 is 35.6 Å². The van der Waals surface area contributed by atoms with Gasteiger partial charge in [0.1, 0.15) is 12.1 Å². The number of amides is 3. The summed E-state index contributed by atoms with van der Waals surface area (Å²) >= 11 is 5.88. The number of hydrogen-bond acceptors (Lipinski definition) is 6. The molecule has 3 amide bonds. The van der Waals surface area contributed by atoms with Gasteiger partial charge < -0.3 is 21.4 Å². The molecule has 0 aliphatic rings. The summed E-state index contributed by atoms with van der Waals surface area (Å²) in [5, 5.41) is 24.6. The Balaban J connectivity index is 2.15. The molecule has 2 aromatic rings. The van der Waals surface area contributed by atoms with Crippen LogP contribution in [-0.2, 0) is 32.1 Å². The highest BCUT2D eigenvalue weighted by atomic mass is 35.5. The summed E-state index contributed by atoms with van der Waals surface area (Å²) in [5.41, 5.74) is 1.85. The van der Waals surface area contributed by atoms with E-state index in [1.165, 1.54) is 6.92 Å². The summed E-state index contributed by atoms with van der Waals surface area (Å²) in [4.78, 5) is 49.3. The van der Waals surface area contributed by atoms with E-state index >= 15 is 0 Å². The molecular formula is C25H26ClN5O4. The Hall–Kier alpha value is -4.03. The summed E-state index contributed by atoms with van der Waals surface area (Å²) in [6.07, 6.45) is 0.618. The van der Waals surface area contributed by atoms with Crippen LogP contribution in [0.1, 0.15) is 36.5 Å². The van der Waals surface area contributed by atoms with Gasteiger partial charge in [0, 0.05) is 31.3 Å². The van der Waals surface area contributed by atoms with Gasteiger partial charge in [-0.05, 0) is 41.8 Å². The van der Waals surface area contributed by atoms with Crippen LogP contribution in [0.4, 0.5) is 0 Å². The number of benzene rings is 2. The van der Waals surface area contributed by atoms with E-state index in [1.807, 2.05) is 6.07 Å². The number of nitriles is 1. The molecule has 0 aliphatic heterocycles. The lowest BCUT2D eigenvalue weighted by Gasteiger charge is -2.23. The van der Waals surface area contributed by atoms with E-state index in [0.717, 1.165) is 5.56 Å². The average molecular weight is 496 g/mol. The number of rotatable bonds is 12. The molecule has 182 valence electrons. The fourth-order valence-corrected chi connectivity index (χ4v) is 3.40. The molecule has 0 radical (unpaired) electrons. The van der Waals surface area contributed by atoms with Crippen LogP contribution in [0.15, 0.2) is 48.5 Å². The standard InChI is InChI=1S/C25H26ClN5O4/c1-16(32)30-23(12-18-3-2-4-19(11-18)13-27)25(35)31-22(10-9-21(33)14-28)24(34)29-15-17-5-7-20(26)8-6-17/h2-8,11,14,22-23,28H,9-10,12,15H2,1H3,(H,29,34)(H,30,32)(H,31,35)/t22-,23-/m0/s1. The normalized spacial score (nSPS) is 11.9. The second kappa shape index (κ2) is 13.6. The number of ketones is 1. The van der Waals surface area contributed by atoms with Crippen molar-refractivity contribution in [3.05, 3.63) is 70.2 Å². The van der Waals surface area contributed by atoms with Crippen molar-refractivity contribution in [3.8, 4) is 6.07 Å². The number of halogens is 1. The van der Waals surface area contributed by atoms with E-state index in [4.69, 9.17) is 22.3 Å². The molecule has 0 saturated heterocycles. The van der Waals surface area contributed by atoms with Gasteiger partial charge in [0.15, 0.2) is 5.78 Å². The van der Waals surface area contributed by atoms with Crippen molar-refractivity contribution < 1.29 is 19.2 Å². The van der Waals surface area contributed by atoms with Crippen molar-refractivity contribution in [1.29, 1.82) is 10.7 Å². The highest BCUT2D eigenvalue weighted by molar-refractivity contribution is 6.30. The van der Waals surface area contributed by atoms with Crippen LogP contribution < -0.4 is 16.0 Å². The lowest BCUT2D eigenvalue weighted by Crippen LogP contribution is -2.54. The molecule has 0 fully saturated rings. The molecule has 9 nitrogen and oxygen atoms in total. The molecule has 0 aliphatic carbocycles. The van der Waals surface area contributed by atoms with Gasteiger partial charge in [-0.25, -0.2) is 0 Å². The van der Waals surface area contributed by atoms with Gasteiger partial charge in [-0.3, -0.25) is 19.2 Å². The first kappa shape index (κ1) is 27.2. The van der Waals surface area contributed by atoms with Crippen molar-refractivity contribution in [1.82, 2.24) is 16.0 Å². The largest absolute Gasteiger partial charge is 0.350 e. The zero-order valence-corrected chi connectivity index (χ0v) is 19.9. The van der Waals surface area contributed by atoms with Crippen molar-refractivity contribution in [2.24, 2.45) is 0 Å². The van der Waals surface area contributed by atoms with E-state index in [2.05, 4.69) is 16.0 Å². The lowest BCUT2D eigenvalue weighted by molar-refractivity contribution is -0.132. The number of nitrogens with zero attached hydrogens (tertiary/aromatic N) is 1. The summed E-state index contributed by atoms with van der Waals surface area (Å²) in [6, 6.07) is 13.4. The molecule has 10 heteroatoms. The third-order valence-electron chi connectivity index (χ3n) is 5.04. The number of carbonyl (C=O) groups excluding carboxylic acids is 4. The molecule has 0 spiro atoms. The Morgan fingerprint density at radius 3 is 2.37 bits per heavy atom. The van der Waals surface area contributed by atoms with Crippen LogP contribution in [0.25, 0.3) is 0 Å². The quantitative estimate of drug-likeness (QED) is 0.332.